The second-order valence-electron chi connectivity index (χ2n) is 4.92. The maximum atomic E-state index is 6.06. The molecule has 0 amide bonds. The predicted molar refractivity (Wildman–Crippen MR) is 68.8 cm³/mol. The van der Waals surface area contributed by atoms with E-state index in [1.807, 2.05) is 18.2 Å². The molecule has 0 spiro atoms. The van der Waals surface area contributed by atoms with Crippen molar-refractivity contribution >= 4 is 0 Å². The smallest absolute Gasteiger partial charge is 0.166 e. The molecule has 17 heavy (non-hydrogen) atoms. The summed E-state index contributed by atoms with van der Waals surface area (Å²) in [6.07, 6.45) is 4.75. The van der Waals surface area contributed by atoms with Crippen LogP contribution in [0.3, 0.4) is 0 Å². The minimum atomic E-state index is -0.379. The van der Waals surface area contributed by atoms with Crippen molar-refractivity contribution in [3.8, 4) is 0 Å². The lowest BCUT2D eigenvalue weighted by molar-refractivity contribution is -0.159. The Hall–Kier alpha value is -0.860. The summed E-state index contributed by atoms with van der Waals surface area (Å²) in [7, 11) is 0. The molecule has 1 fully saturated rings. The summed E-state index contributed by atoms with van der Waals surface area (Å²) in [5.74, 6) is -0.379. The third-order valence-corrected chi connectivity index (χ3v) is 3.34. The first kappa shape index (κ1) is 12.6. The number of hydrogen-bond acceptors (Lipinski definition) is 2. The molecule has 1 aromatic carbocycles. The molecule has 2 heteroatoms. The molecule has 1 saturated heterocycles. The third-order valence-electron chi connectivity index (χ3n) is 3.34. The van der Waals surface area contributed by atoms with Crippen LogP contribution in [0.1, 0.15) is 51.2 Å². The topological polar surface area (TPSA) is 18.5 Å². The minimum absolute atomic E-state index is 0.0998. The van der Waals surface area contributed by atoms with E-state index in [1.165, 1.54) is 24.8 Å². The van der Waals surface area contributed by atoms with Crippen molar-refractivity contribution in [1.29, 1.82) is 0 Å². The highest BCUT2D eigenvalue weighted by Gasteiger charge is 2.37. The van der Waals surface area contributed by atoms with Gasteiger partial charge in [0.1, 0.15) is 6.10 Å². The molecule has 1 aliphatic heterocycles. The van der Waals surface area contributed by atoms with Crippen molar-refractivity contribution in [2.45, 2.75) is 51.4 Å². The molecule has 1 aliphatic rings. The van der Waals surface area contributed by atoms with Gasteiger partial charge in [-0.05, 0) is 18.9 Å². The van der Waals surface area contributed by atoms with Gasteiger partial charge in [0.25, 0.3) is 0 Å². The molecule has 0 unspecified atom stereocenters. The van der Waals surface area contributed by atoms with Crippen LogP contribution in [0.2, 0.25) is 0 Å². The van der Waals surface area contributed by atoms with E-state index < -0.39 is 0 Å². The van der Waals surface area contributed by atoms with E-state index in [4.69, 9.17) is 9.47 Å². The Balaban J connectivity index is 1.90. The highest BCUT2D eigenvalue weighted by atomic mass is 16.7. The molecule has 0 aliphatic carbocycles. The van der Waals surface area contributed by atoms with Crippen LogP contribution in [0.4, 0.5) is 0 Å². The van der Waals surface area contributed by atoms with Gasteiger partial charge in [-0.1, -0.05) is 50.1 Å². The van der Waals surface area contributed by atoms with E-state index in [-0.39, 0.29) is 11.9 Å². The summed E-state index contributed by atoms with van der Waals surface area (Å²) in [6, 6.07) is 10.3. The van der Waals surface area contributed by atoms with Crippen LogP contribution < -0.4 is 0 Å². The molecule has 1 heterocycles. The maximum Gasteiger partial charge on any atom is 0.166 e. The lowest BCUT2D eigenvalue weighted by atomic mass is 10.1. The van der Waals surface area contributed by atoms with E-state index in [0.29, 0.717) is 6.61 Å². The van der Waals surface area contributed by atoms with Crippen molar-refractivity contribution < 1.29 is 9.47 Å². The van der Waals surface area contributed by atoms with Crippen molar-refractivity contribution in [3.05, 3.63) is 35.9 Å². The highest BCUT2D eigenvalue weighted by molar-refractivity contribution is 5.18. The number of rotatable bonds is 5. The first-order valence-corrected chi connectivity index (χ1v) is 6.60. The first-order chi connectivity index (χ1) is 8.23. The zero-order valence-corrected chi connectivity index (χ0v) is 10.8. The van der Waals surface area contributed by atoms with Gasteiger partial charge in [0, 0.05) is 6.42 Å². The van der Waals surface area contributed by atoms with Crippen LogP contribution in [0.5, 0.6) is 0 Å². The van der Waals surface area contributed by atoms with E-state index in [0.717, 1.165) is 6.42 Å². The average molecular weight is 234 g/mol. The van der Waals surface area contributed by atoms with Gasteiger partial charge in [-0.25, -0.2) is 0 Å². The average Bonchev–Trinajstić information content (AvgIpc) is 2.74. The minimum Gasteiger partial charge on any atom is -0.347 e. The lowest BCUT2D eigenvalue weighted by Crippen LogP contribution is -2.25. The molecule has 2 atom stereocenters. The summed E-state index contributed by atoms with van der Waals surface area (Å²) in [5.41, 5.74) is 1.21. The van der Waals surface area contributed by atoms with Gasteiger partial charge in [0.2, 0.25) is 0 Å². The lowest BCUT2D eigenvalue weighted by Gasteiger charge is -2.23. The summed E-state index contributed by atoms with van der Waals surface area (Å²) in [6.45, 7) is 4.95. The summed E-state index contributed by atoms with van der Waals surface area (Å²) in [4.78, 5) is 0. The van der Waals surface area contributed by atoms with Crippen LogP contribution in [0.15, 0.2) is 30.3 Å². The molecule has 2 nitrogen and oxygen atoms in total. The van der Waals surface area contributed by atoms with Crippen molar-refractivity contribution in [2.75, 3.05) is 6.61 Å². The standard InChI is InChI=1S/C15H22O2/c1-3-4-8-11-15(2)16-12-14(17-15)13-9-6-5-7-10-13/h5-7,9-10,14H,3-4,8,11-12H2,1-2H3/t14-,15-/m1/s1. The zero-order chi connectivity index (χ0) is 12.1. The molecule has 0 radical (unpaired) electrons. The fourth-order valence-electron chi connectivity index (χ4n) is 2.28. The molecule has 2 rings (SSSR count). The Morgan fingerprint density at radius 2 is 2.00 bits per heavy atom. The van der Waals surface area contributed by atoms with Crippen molar-refractivity contribution in [1.82, 2.24) is 0 Å². The molecule has 1 aromatic rings. The number of benzene rings is 1. The largest absolute Gasteiger partial charge is 0.347 e. The Labute approximate surface area is 104 Å². The second kappa shape index (κ2) is 5.65. The zero-order valence-electron chi connectivity index (χ0n) is 10.8. The van der Waals surface area contributed by atoms with Crippen molar-refractivity contribution in [3.63, 3.8) is 0 Å². The van der Waals surface area contributed by atoms with Gasteiger partial charge < -0.3 is 9.47 Å². The van der Waals surface area contributed by atoms with Gasteiger partial charge in [-0.15, -0.1) is 0 Å². The van der Waals surface area contributed by atoms with Gasteiger partial charge in [0.05, 0.1) is 6.61 Å². The first-order valence-electron chi connectivity index (χ1n) is 6.60. The maximum absolute atomic E-state index is 6.06. The molecule has 0 N–H and O–H groups in total. The Morgan fingerprint density at radius 1 is 1.24 bits per heavy atom. The van der Waals surface area contributed by atoms with Gasteiger partial charge in [-0.2, -0.15) is 0 Å². The molecular formula is C15H22O2. The Bertz CT molecular complexity index is 336. The Morgan fingerprint density at radius 3 is 2.71 bits per heavy atom. The number of unbranched alkanes of at least 4 members (excludes halogenated alkanes) is 2. The number of ether oxygens (including phenoxy) is 2. The van der Waals surface area contributed by atoms with Crippen LogP contribution >= 0.6 is 0 Å². The van der Waals surface area contributed by atoms with Crippen LogP contribution in [-0.2, 0) is 9.47 Å². The Kier molecular flexibility index (Phi) is 4.19. The van der Waals surface area contributed by atoms with E-state index in [2.05, 4.69) is 26.0 Å². The van der Waals surface area contributed by atoms with E-state index in [9.17, 15) is 0 Å². The molecular weight excluding hydrogens is 212 g/mol. The predicted octanol–water partition coefficient (Wildman–Crippen LogP) is 4.07. The summed E-state index contributed by atoms with van der Waals surface area (Å²) >= 11 is 0. The third kappa shape index (κ3) is 3.30. The molecule has 0 bridgehead atoms. The number of hydrogen-bond donors (Lipinski definition) is 0. The SMILES string of the molecule is CCCCC[C@]1(C)OC[C@H](c2ccccc2)O1. The summed E-state index contributed by atoms with van der Waals surface area (Å²) < 4.78 is 11.9. The molecule has 0 saturated carbocycles. The van der Waals surface area contributed by atoms with Gasteiger partial charge in [-0.3, -0.25) is 0 Å². The fraction of sp³-hybridized carbons (Fsp3) is 0.600. The molecule has 94 valence electrons. The van der Waals surface area contributed by atoms with Gasteiger partial charge in [0.15, 0.2) is 5.79 Å². The van der Waals surface area contributed by atoms with Gasteiger partial charge >= 0.3 is 0 Å². The van der Waals surface area contributed by atoms with Crippen LogP contribution in [-0.4, -0.2) is 12.4 Å². The monoisotopic (exact) mass is 234 g/mol. The van der Waals surface area contributed by atoms with E-state index in [1.54, 1.807) is 0 Å². The quantitative estimate of drug-likeness (QED) is 0.715. The highest BCUT2D eigenvalue weighted by Crippen LogP contribution is 2.36. The van der Waals surface area contributed by atoms with Crippen LogP contribution in [0.25, 0.3) is 0 Å². The second-order valence-corrected chi connectivity index (χ2v) is 4.92. The molecule has 0 aromatic heterocycles. The fourth-order valence-corrected chi connectivity index (χ4v) is 2.28. The normalized spacial score (nSPS) is 28.5. The van der Waals surface area contributed by atoms with Crippen LogP contribution in [0, 0.1) is 0 Å². The summed E-state index contributed by atoms with van der Waals surface area (Å²) in [5, 5.41) is 0. The van der Waals surface area contributed by atoms with E-state index >= 15 is 0 Å². The van der Waals surface area contributed by atoms with Crippen molar-refractivity contribution in [2.24, 2.45) is 0 Å².